The van der Waals surface area contributed by atoms with Crippen LogP contribution in [0.3, 0.4) is 0 Å². The number of halogens is 2. The molecule has 0 saturated carbocycles. The maximum atomic E-state index is 8.89. The third-order valence-electron chi connectivity index (χ3n) is 2.98. The summed E-state index contributed by atoms with van der Waals surface area (Å²) < 4.78 is 2.42. The van der Waals surface area contributed by atoms with Gasteiger partial charge in [-0.2, -0.15) is 10.4 Å². The number of fused-ring (bicyclic) bond motifs is 1. The van der Waals surface area contributed by atoms with Crippen molar-refractivity contribution in [3.05, 3.63) is 46.1 Å². The maximum Gasteiger partial charge on any atom is 0.211 e. The van der Waals surface area contributed by atoms with E-state index in [2.05, 4.69) is 21.3 Å². The van der Waals surface area contributed by atoms with E-state index in [1.807, 2.05) is 16.5 Å². The van der Waals surface area contributed by atoms with Crippen LogP contribution in [0, 0.1) is 11.3 Å². The minimum atomic E-state index is -0.134. The minimum Gasteiger partial charge on any atom is -0.369 e. The third kappa shape index (κ3) is 3.49. The zero-order valence-electron chi connectivity index (χ0n) is 12.0. The highest BCUT2D eigenvalue weighted by molar-refractivity contribution is 7.20. The molecule has 0 unspecified atom stereocenters. The van der Waals surface area contributed by atoms with Gasteiger partial charge in [0, 0.05) is 11.8 Å². The molecule has 2 heterocycles. The van der Waals surface area contributed by atoms with Gasteiger partial charge < -0.3 is 11.5 Å². The SMILES string of the molecule is Cl.N#Cc1ccc(-c2nc3sc(Cl)cn3c2/C=N/N=C(N)N)cc1. The summed E-state index contributed by atoms with van der Waals surface area (Å²) in [6.07, 6.45) is 3.26. The summed E-state index contributed by atoms with van der Waals surface area (Å²) in [6, 6.07) is 9.19. The van der Waals surface area contributed by atoms with Crippen LogP contribution in [0.15, 0.2) is 40.7 Å². The zero-order chi connectivity index (χ0) is 16.4. The van der Waals surface area contributed by atoms with E-state index in [0.29, 0.717) is 21.3 Å². The van der Waals surface area contributed by atoms with Crippen molar-refractivity contribution in [2.75, 3.05) is 0 Å². The number of aromatic nitrogens is 2. The topological polar surface area (TPSA) is 118 Å². The number of thiazole rings is 1. The zero-order valence-corrected chi connectivity index (χ0v) is 14.4. The van der Waals surface area contributed by atoms with Gasteiger partial charge in [-0.1, -0.05) is 35.1 Å². The van der Waals surface area contributed by atoms with Gasteiger partial charge in [-0.15, -0.1) is 17.5 Å². The maximum absolute atomic E-state index is 8.89. The van der Waals surface area contributed by atoms with Gasteiger partial charge in [0.25, 0.3) is 0 Å². The average Bonchev–Trinajstić information content (AvgIpc) is 3.04. The standard InChI is InChI=1S/C14H10ClN7S.ClH/c15-11-7-22-10(6-19-21-13(17)18)12(20-14(22)23-11)9-3-1-8(5-16)2-4-9;/h1-4,6-7H,(H4,17,18,21);1H/b19-6+;. The molecule has 0 aliphatic heterocycles. The summed E-state index contributed by atoms with van der Waals surface area (Å²) in [6.45, 7) is 0. The van der Waals surface area contributed by atoms with E-state index in [9.17, 15) is 0 Å². The third-order valence-corrected chi connectivity index (χ3v) is 4.08. The Balaban J connectivity index is 0.00000208. The molecule has 3 rings (SSSR count). The molecule has 0 saturated heterocycles. The van der Waals surface area contributed by atoms with E-state index in [1.54, 1.807) is 18.3 Å². The summed E-state index contributed by atoms with van der Waals surface area (Å²) in [7, 11) is 0. The van der Waals surface area contributed by atoms with Gasteiger partial charge in [0.05, 0.1) is 29.2 Å². The van der Waals surface area contributed by atoms with Crippen molar-refractivity contribution in [1.82, 2.24) is 9.38 Å². The number of nitrogens with two attached hydrogens (primary N) is 2. The lowest BCUT2D eigenvalue weighted by Gasteiger charge is -1.99. The van der Waals surface area contributed by atoms with Crippen molar-refractivity contribution in [2.24, 2.45) is 21.7 Å². The fraction of sp³-hybridized carbons (Fsp3) is 0. The van der Waals surface area contributed by atoms with Crippen molar-refractivity contribution in [1.29, 1.82) is 5.26 Å². The van der Waals surface area contributed by atoms with E-state index in [1.165, 1.54) is 17.6 Å². The molecule has 2 aromatic heterocycles. The van der Waals surface area contributed by atoms with E-state index in [4.69, 9.17) is 28.3 Å². The summed E-state index contributed by atoms with van der Waals surface area (Å²) in [5, 5.41) is 16.3. The Morgan fingerprint density at radius 2 is 2.04 bits per heavy atom. The van der Waals surface area contributed by atoms with Gasteiger partial charge in [0.15, 0.2) is 4.96 Å². The quantitative estimate of drug-likeness (QED) is 0.412. The number of nitrogens with zero attached hydrogens (tertiary/aromatic N) is 5. The Morgan fingerprint density at radius 1 is 1.33 bits per heavy atom. The molecule has 0 aliphatic rings. The van der Waals surface area contributed by atoms with Crippen LogP contribution in [0.25, 0.3) is 16.2 Å². The second kappa shape index (κ2) is 7.31. The number of rotatable bonds is 3. The number of nitriles is 1. The van der Waals surface area contributed by atoms with Crippen LogP contribution in [0.5, 0.6) is 0 Å². The predicted molar refractivity (Wildman–Crippen MR) is 98.9 cm³/mol. The predicted octanol–water partition coefficient (Wildman–Crippen LogP) is 2.62. The second-order valence-corrected chi connectivity index (χ2v) is 6.13. The lowest BCUT2D eigenvalue weighted by molar-refractivity contribution is 1.18. The van der Waals surface area contributed by atoms with Crippen LogP contribution in [0.1, 0.15) is 11.3 Å². The van der Waals surface area contributed by atoms with Crippen LogP contribution in [-0.2, 0) is 0 Å². The highest BCUT2D eigenvalue weighted by Gasteiger charge is 2.15. The molecule has 4 N–H and O–H groups in total. The lowest BCUT2D eigenvalue weighted by atomic mass is 10.1. The molecular weight excluding hydrogens is 369 g/mol. The first-order valence-electron chi connectivity index (χ1n) is 6.38. The fourth-order valence-electron chi connectivity index (χ4n) is 2.02. The van der Waals surface area contributed by atoms with Gasteiger partial charge >= 0.3 is 0 Å². The van der Waals surface area contributed by atoms with Crippen LogP contribution in [-0.4, -0.2) is 21.6 Å². The first-order chi connectivity index (χ1) is 11.1. The summed E-state index contributed by atoms with van der Waals surface area (Å²) >= 11 is 7.38. The first kappa shape index (κ1) is 17.7. The van der Waals surface area contributed by atoms with Crippen molar-refractivity contribution >= 4 is 52.5 Å². The molecule has 0 radical (unpaired) electrons. The Hall–Kier alpha value is -2.60. The number of benzene rings is 1. The van der Waals surface area contributed by atoms with E-state index < -0.39 is 0 Å². The Morgan fingerprint density at radius 3 is 2.67 bits per heavy atom. The van der Waals surface area contributed by atoms with Gasteiger partial charge in [-0.3, -0.25) is 4.40 Å². The molecule has 7 nitrogen and oxygen atoms in total. The molecule has 1 aromatic carbocycles. The van der Waals surface area contributed by atoms with Crippen LogP contribution in [0.4, 0.5) is 0 Å². The molecule has 0 atom stereocenters. The van der Waals surface area contributed by atoms with Crippen molar-refractivity contribution in [2.45, 2.75) is 0 Å². The molecule has 0 fully saturated rings. The van der Waals surface area contributed by atoms with Crippen molar-refractivity contribution in [3.8, 4) is 17.3 Å². The van der Waals surface area contributed by atoms with Gasteiger partial charge in [0.1, 0.15) is 4.34 Å². The first-order valence-corrected chi connectivity index (χ1v) is 7.58. The number of imidazole rings is 1. The van der Waals surface area contributed by atoms with E-state index >= 15 is 0 Å². The van der Waals surface area contributed by atoms with Crippen LogP contribution >= 0.6 is 35.3 Å². The smallest absolute Gasteiger partial charge is 0.211 e. The molecule has 122 valence electrons. The molecule has 0 spiro atoms. The van der Waals surface area contributed by atoms with Crippen LogP contribution in [0.2, 0.25) is 4.34 Å². The summed E-state index contributed by atoms with van der Waals surface area (Å²) in [5.41, 5.74) is 13.4. The van der Waals surface area contributed by atoms with Gasteiger partial charge in [-0.25, -0.2) is 4.98 Å². The van der Waals surface area contributed by atoms with Crippen molar-refractivity contribution in [3.63, 3.8) is 0 Å². The number of guanidine groups is 1. The lowest BCUT2D eigenvalue weighted by Crippen LogP contribution is -2.21. The van der Waals surface area contributed by atoms with Crippen molar-refractivity contribution < 1.29 is 0 Å². The Kier molecular flexibility index (Phi) is 5.41. The van der Waals surface area contributed by atoms with E-state index in [-0.39, 0.29) is 18.4 Å². The molecule has 24 heavy (non-hydrogen) atoms. The normalized spacial score (nSPS) is 10.5. The molecule has 10 heteroatoms. The number of hydrogen-bond donors (Lipinski definition) is 2. The number of hydrogen-bond acceptors (Lipinski definition) is 5. The summed E-state index contributed by atoms with van der Waals surface area (Å²) in [5.74, 6) is -0.134. The summed E-state index contributed by atoms with van der Waals surface area (Å²) in [4.78, 5) is 5.29. The molecular formula is C14H11Cl2N7S. The Labute approximate surface area is 152 Å². The monoisotopic (exact) mass is 379 g/mol. The second-order valence-electron chi connectivity index (χ2n) is 4.49. The fourth-order valence-corrected chi connectivity index (χ4v) is 3.05. The van der Waals surface area contributed by atoms with Gasteiger partial charge in [0.2, 0.25) is 5.96 Å². The molecule has 0 bridgehead atoms. The molecule has 3 aromatic rings. The largest absolute Gasteiger partial charge is 0.369 e. The van der Waals surface area contributed by atoms with Crippen LogP contribution < -0.4 is 11.5 Å². The molecule has 0 amide bonds. The minimum absolute atomic E-state index is 0. The highest BCUT2D eigenvalue weighted by Crippen LogP contribution is 2.29. The van der Waals surface area contributed by atoms with Gasteiger partial charge in [-0.05, 0) is 12.1 Å². The Bertz CT molecular complexity index is 960. The van der Waals surface area contributed by atoms with E-state index in [0.717, 1.165) is 10.5 Å². The average molecular weight is 380 g/mol. The highest BCUT2D eigenvalue weighted by atomic mass is 35.5. The molecule has 0 aliphatic carbocycles.